The molecule has 0 bridgehead atoms. The van der Waals surface area contributed by atoms with Crippen molar-refractivity contribution in [2.24, 2.45) is 4.99 Å². The molecule has 0 aliphatic carbocycles. The zero-order chi connectivity index (χ0) is 19.7. The molecule has 0 N–H and O–H groups in total. The highest BCUT2D eigenvalue weighted by Gasteiger charge is 2.60. The molecule has 0 aromatic heterocycles. The maximum atomic E-state index is 13.3. The number of hydrogen-bond acceptors (Lipinski definition) is 4. The van der Waals surface area contributed by atoms with Gasteiger partial charge in [0.05, 0.1) is 16.3 Å². The van der Waals surface area contributed by atoms with Gasteiger partial charge in [-0.25, -0.2) is 0 Å². The van der Waals surface area contributed by atoms with Crippen molar-refractivity contribution in [2.75, 3.05) is 11.6 Å². The Labute approximate surface area is 146 Å². The minimum Gasteiger partial charge on any atom is -0.435 e. The molecule has 140 valence electrons. The van der Waals surface area contributed by atoms with E-state index in [1.165, 1.54) is 0 Å². The quantitative estimate of drug-likeness (QED) is 0.685. The van der Waals surface area contributed by atoms with E-state index in [9.17, 15) is 30.7 Å². The molecule has 0 spiro atoms. The van der Waals surface area contributed by atoms with Crippen molar-refractivity contribution in [1.82, 2.24) is 0 Å². The topological polar surface area (TPSA) is 48.6 Å². The lowest BCUT2D eigenvalue weighted by Gasteiger charge is -2.27. The van der Waals surface area contributed by atoms with Gasteiger partial charge in [0.25, 0.3) is 0 Å². The third kappa shape index (κ3) is 3.85. The highest BCUT2D eigenvalue weighted by Crippen LogP contribution is 2.39. The van der Waals surface area contributed by atoms with Gasteiger partial charge in [-0.1, -0.05) is 11.6 Å². The largest absolute Gasteiger partial charge is 0.459 e. The van der Waals surface area contributed by atoms with E-state index in [0.717, 1.165) is 23.2 Å². The monoisotopic (exact) mass is 401 g/mol. The zero-order valence-electron chi connectivity index (χ0n) is 12.4. The van der Waals surface area contributed by atoms with Crippen LogP contribution in [-0.4, -0.2) is 31.1 Å². The molecule has 1 aromatic rings. The van der Waals surface area contributed by atoms with Gasteiger partial charge in [0, 0.05) is 18.3 Å². The molecule has 12 heteroatoms. The van der Waals surface area contributed by atoms with Crippen LogP contribution in [0.4, 0.5) is 36.4 Å². The maximum absolute atomic E-state index is 13.3. The van der Waals surface area contributed by atoms with Crippen LogP contribution in [0.3, 0.4) is 0 Å². The number of nitriles is 1. The van der Waals surface area contributed by atoms with E-state index in [1.807, 2.05) is 0 Å². The second-order valence-corrected chi connectivity index (χ2v) is 5.24. The van der Waals surface area contributed by atoms with E-state index in [1.54, 1.807) is 6.07 Å². The molecule has 2 rings (SSSR count). The number of alkyl halides is 7. The summed E-state index contributed by atoms with van der Waals surface area (Å²) in [6, 6.07) is 3.52. The molecule has 0 radical (unpaired) electrons. The second kappa shape index (κ2) is 7.03. The van der Waals surface area contributed by atoms with E-state index in [-0.39, 0.29) is 16.3 Å². The van der Waals surface area contributed by atoms with Crippen LogP contribution in [-0.2, 0) is 0 Å². The Morgan fingerprint density at radius 3 is 2.35 bits per heavy atom. The molecular weight excluding hydrogens is 395 g/mol. The van der Waals surface area contributed by atoms with Crippen molar-refractivity contribution in [2.45, 2.75) is 18.7 Å². The normalized spacial score (nSPS) is 15.1. The van der Waals surface area contributed by atoms with Crippen molar-refractivity contribution in [3.8, 4) is 11.8 Å². The highest BCUT2D eigenvalue weighted by atomic mass is 35.5. The summed E-state index contributed by atoms with van der Waals surface area (Å²) in [5.74, 6) is -5.56. The Bertz CT molecular complexity index is 799. The first-order valence-corrected chi connectivity index (χ1v) is 6.98. The van der Waals surface area contributed by atoms with Gasteiger partial charge in [-0.3, -0.25) is 4.99 Å². The third-order valence-electron chi connectivity index (χ3n) is 3.15. The van der Waals surface area contributed by atoms with E-state index in [0.29, 0.717) is 6.08 Å². The van der Waals surface area contributed by atoms with Crippen LogP contribution in [0.2, 0.25) is 5.02 Å². The number of allylic oxidation sites excluding steroid dienone is 1. The lowest BCUT2D eigenvalue weighted by Crippen LogP contribution is -2.45. The van der Waals surface area contributed by atoms with Crippen LogP contribution in [0.15, 0.2) is 29.4 Å². The van der Waals surface area contributed by atoms with Gasteiger partial charge in [0.2, 0.25) is 0 Å². The average Bonchev–Trinajstić information content (AvgIpc) is 2.52. The maximum Gasteiger partial charge on any atom is 0.459 e. The summed E-state index contributed by atoms with van der Waals surface area (Å²) in [6.45, 7) is -3.86. The van der Waals surface area contributed by atoms with Crippen LogP contribution in [0.5, 0.6) is 5.75 Å². The van der Waals surface area contributed by atoms with Crippen LogP contribution >= 0.6 is 11.6 Å². The molecule has 26 heavy (non-hydrogen) atoms. The van der Waals surface area contributed by atoms with Crippen molar-refractivity contribution in [3.63, 3.8) is 0 Å². The molecule has 0 amide bonds. The van der Waals surface area contributed by atoms with Crippen molar-refractivity contribution < 1.29 is 35.5 Å². The van der Waals surface area contributed by atoms with Crippen molar-refractivity contribution in [3.05, 3.63) is 35.0 Å². The van der Waals surface area contributed by atoms with Crippen LogP contribution in [0, 0.1) is 11.3 Å². The first-order chi connectivity index (χ1) is 12.0. The molecule has 0 fully saturated rings. The Balaban J connectivity index is 2.33. The third-order valence-corrected chi connectivity index (χ3v) is 3.44. The lowest BCUT2D eigenvalue weighted by molar-refractivity contribution is -0.248. The van der Waals surface area contributed by atoms with Crippen LogP contribution < -0.4 is 9.64 Å². The summed E-state index contributed by atoms with van der Waals surface area (Å²) in [6.07, 6.45) is -4.56. The number of ether oxygens (including phenoxy) is 1. The van der Waals surface area contributed by atoms with Crippen molar-refractivity contribution in [1.29, 1.82) is 5.26 Å². The van der Waals surface area contributed by atoms with Gasteiger partial charge in [-0.15, -0.1) is 0 Å². The molecule has 0 unspecified atom stereocenters. The fraction of sp³-hybridized carbons (Fsp3) is 0.286. The standard InChI is InChI=1S/C14H7ClF7N3O/c15-9-4-8(26-12(16)17)3-7(5-23)11(9)25-2-1-10(24-6-25)13(18,19)14(20,21)22/h1-4,12H,6H2. The minimum absolute atomic E-state index is 0.106. The lowest BCUT2D eigenvalue weighted by atomic mass is 10.1. The fourth-order valence-electron chi connectivity index (χ4n) is 2.03. The van der Waals surface area contributed by atoms with E-state index < -0.39 is 36.8 Å². The summed E-state index contributed by atoms with van der Waals surface area (Å²) in [5.41, 5.74) is -1.88. The summed E-state index contributed by atoms with van der Waals surface area (Å²) in [7, 11) is 0. The van der Waals surface area contributed by atoms with Crippen LogP contribution in [0.1, 0.15) is 5.56 Å². The Morgan fingerprint density at radius 2 is 1.88 bits per heavy atom. The molecular formula is C14H7ClF7N3O. The SMILES string of the molecule is N#Cc1cc(OC(F)F)cc(Cl)c1N1C=CC(C(F)(F)C(F)(F)F)=NC1. The summed E-state index contributed by atoms with van der Waals surface area (Å²) in [5, 5.41) is 8.85. The number of rotatable bonds is 4. The molecule has 0 saturated carbocycles. The van der Waals surface area contributed by atoms with Crippen molar-refractivity contribution >= 4 is 23.0 Å². The second-order valence-electron chi connectivity index (χ2n) is 4.83. The first kappa shape index (κ1) is 19.8. The molecule has 1 aromatic carbocycles. The Morgan fingerprint density at radius 1 is 1.23 bits per heavy atom. The molecule has 1 heterocycles. The average molecular weight is 402 g/mol. The molecule has 4 nitrogen and oxygen atoms in total. The summed E-state index contributed by atoms with van der Waals surface area (Å²) in [4.78, 5) is 4.20. The predicted octanol–water partition coefficient (Wildman–Crippen LogP) is 4.74. The Hall–Kier alpha value is -2.48. The predicted molar refractivity (Wildman–Crippen MR) is 77.7 cm³/mol. The fourth-order valence-corrected chi connectivity index (χ4v) is 2.35. The molecule has 0 atom stereocenters. The molecule has 1 aliphatic heterocycles. The van der Waals surface area contributed by atoms with E-state index in [4.69, 9.17) is 16.9 Å². The van der Waals surface area contributed by atoms with Gasteiger partial charge >= 0.3 is 18.7 Å². The number of benzene rings is 1. The zero-order valence-corrected chi connectivity index (χ0v) is 13.1. The van der Waals surface area contributed by atoms with E-state index in [2.05, 4.69) is 9.73 Å². The Kier molecular flexibility index (Phi) is 5.36. The van der Waals surface area contributed by atoms with Gasteiger partial charge in [0.15, 0.2) is 0 Å². The number of halogens is 8. The molecule has 1 aliphatic rings. The van der Waals surface area contributed by atoms with E-state index >= 15 is 0 Å². The summed E-state index contributed by atoms with van der Waals surface area (Å²) >= 11 is 5.90. The highest BCUT2D eigenvalue weighted by molar-refractivity contribution is 6.33. The smallest absolute Gasteiger partial charge is 0.435 e. The van der Waals surface area contributed by atoms with Crippen LogP contribution in [0.25, 0.3) is 0 Å². The van der Waals surface area contributed by atoms with Gasteiger partial charge < -0.3 is 9.64 Å². The van der Waals surface area contributed by atoms with Gasteiger partial charge in [-0.05, 0) is 6.08 Å². The van der Waals surface area contributed by atoms with Gasteiger partial charge in [-0.2, -0.15) is 36.0 Å². The van der Waals surface area contributed by atoms with Gasteiger partial charge in [0.1, 0.15) is 24.2 Å². The summed E-state index contributed by atoms with van der Waals surface area (Å²) < 4.78 is 92.2. The first-order valence-electron chi connectivity index (χ1n) is 6.60. The number of hydrogen-bond donors (Lipinski definition) is 0. The number of nitrogens with zero attached hydrogens (tertiary/aromatic N) is 3. The molecule has 0 saturated heterocycles. The number of aliphatic imine (C=N–C) groups is 1. The minimum atomic E-state index is -5.82. The number of anilines is 1.